The standard InChI is InChI=1S/C8H7ClF2N2O2/c1-4-5(2-9)7(8(10)11)6(3-12-4)13(14)15/h3,8H,2H2,1H3. The predicted octanol–water partition coefficient (Wildman–Crippen LogP) is 2.97. The van der Waals surface area contributed by atoms with E-state index < -0.39 is 22.6 Å². The highest BCUT2D eigenvalue weighted by Gasteiger charge is 2.26. The average Bonchev–Trinajstić information content (AvgIpc) is 2.16. The van der Waals surface area contributed by atoms with Gasteiger partial charge in [-0.1, -0.05) is 0 Å². The molecule has 1 heterocycles. The van der Waals surface area contributed by atoms with Crippen molar-refractivity contribution in [2.45, 2.75) is 19.2 Å². The summed E-state index contributed by atoms with van der Waals surface area (Å²) in [6.07, 6.45) is -2.10. The van der Waals surface area contributed by atoms with Crippen molar-refractivity contribution in [3.8, 4) is 0 Å². The lowest BCUT2D eigenvalue weighted by Crippen LogP contribution is -2.04. The SMILES string of the molecule is Cc1ncc([N+](=O)[O-])c(C(F)F)c1CCl. The van der Waals surface area contributed by atoms with Gasteiger partial charge in [-0.3, -0.25) is 15.1 Å². The fourth-order valence-electron chi connectivity index (χ4n) is 1.21. The van der Waals surface area contributed by atoms with Gasteiger partial charge in [-0.25, -0.2) is 8.78 Å². The zero-order valence-corrected chi connectivity index (χ0v) is 8.46. The molecule has 1 aromatic rings. The Bertz CT molecular complexity index is 398. The predicted molar refractivity (Wildman–Crippen MR) is 50.1 cm³/mol. The van der Waals surface area contributed by atoms with Crippen LogP contribution in [0.1, 0.15) is 23.2 Å². The van der Waals surface area contributed by atoms with Crippen LogP contribution >= 0.6 is 11.6 Å². The molecule has 0 amide bonds. The van der Waals surface area contributed by atoms with E-state index in [-0.39, 0.29) is 17.1 Å². The smallest absolute Gasteiger partial charge is 0.258 e. The Labute approximate surface area is 89.0 Å². The Balaban J connectivity index is 3.49. The van der Waals surface area contributed by atoms with Crippen molar-refractivity contribution in [2.75, 3.05) is 0 Å². The van der Waals surface area contributed by atoms with Gasteiger partial charge >= 0.3 is 0 Å². The van der Waals surface area contributed by atoms with Crippen LogP contribution in [0.25, 0.3) is 0 Å². The zero-order valence-electron chi connectivity index (χ0n) is 7.71. The summed E-state index contributed by atoms with van der Waals surface area (Å²) in [6.45, 7) is 1.48. The molecule has 0 radical (unpaired) electrons. The van der Waals surface area contributed by atoms with Gasteiger partial charge in [-0.2, -0.15) is 0 Å². The quantitative estimate of drug-likeness (QED) is 0.461. The summed E-state index contributed by atoms with van der Waals surface area (Å²) in [5.41, 5.74) is -1.01. The third-order valence-electron chi connectivity index (χ3n) is 1.97. The van der Waals surface area contributed by atoms with Gasteiger partial charge in [0.05, 0.1) is 4.92 Å². The first kappa shape index (κ1) is 11.8. The lowest BCUT2D eigenvalue weighted by Gasteiger charge is -2.08. The van der Waals surface area contributed by atoms with Crippen LogP contribution in [0.2, 0.25) is 0 Å². The van der Waals surface area contributed by atoms with Gasteiger partial charge in [-0.05, 0) is 6.92 Å². The Hall–Kier alpha value is -1.30. The second kappa shape index (κ2) is 4.48. The van der Waals surface area contributed by atoms with Gasteiger partial charge in [0.15, 0.2) is 0 Å². The number of aromatic nitrogens is 1. The van der Waals surface area contributed by atoms with Crippen molar-refractivity contribution >= 4 is 17.3 Å². The first-order valence-electron chi connectivity index (χ1n) is 3.96. The molecule has 0 aromatic carbocycles. The van der Waals surface area contributed by atoms with Gasteiger partial charge in [0, 0.05) is 17.1 Å². The number of hydrogen-bond acceptors (Lipinski definition) is 3. The molecule has 82 valence electrons. The van der Waals surface area contributed by atoms with E-state index in [9.17, 15) is 18.9 Å². The minimum absolute atomic E-state index is 0.0286. The topological polar surface area (TPSA) is 56.0 Å². The van der Waals surface area contributed by atoms with Gasteiger partial charge in [0.2, 0.25) is 0 Å². The maximum absolute atomic E-state index is 12.6. The molecular formula is C8H7ClF2N2O2. The average molecular weight is 237 g/mol. The molecule has 0 saturated carbocycles. The molecule has 0 fully saturated rings. The number of hydrogen-bond donors (Lipinski definition) is 0. The van der Waals surface area contributed by atoms with Crippen LogP contribution in [-0.2, 0) is 5.88 Å². The van der Waals surface area contributed by atoms with Crippen LogP contribution in [0, 0.1) is 17.0 Å². The number of pyridine rings is 1. The third kappa shape index (κ3) is 2.20. The van der Waals surface area contributed by atoms with E-state index in [0.29, 0.717) is 0 Å². The number of rotatable bonds is 3. The van der Waals surface area contributed by atoms with E-state index in [2.05, 4.69) is 4.98 Å². The number of aryl methyl sites for hydroxylation is 1. The Morgan fingerprint density at radius 2 is 2.27 bits per heavy atom. The van der Waals surface area contributed by atoms with Crippen molar-refractivity contribution in [1.29, 1.82) is 0 Å². The van der Waals surface area contributed by atoms with Crippen molar-refractivity contribution in [3.05, 3.63) is 33.1 Å². The van der Waals surface area contributed by atoms with E-state index in [1.165, 1.54) is 6.92 Å². The molecule has 0 spiro atoms. The van der Waals surface area contributed by atoms with E-state index in [1.54, 1.807) is 0 Å². The van der Waals surface area contributed by atoms with Crippen LogP contribution in [0.5, 0.6) is 0 Å². The Morgan fingerprint density at radius 1 is 1.67 bits per heavy atom. The lowest BCUT2D eigenvalue weighted by molar-refractivity contribution is -0.386. The maximum atomic E-state index is 12.6. The minimum Gasteiger partial charge on any atom is -0.258 e. The second-order valence-electron chi connectivity index (χ2n) is 2.81. The molecule has 4 nitrogen and oxygen atoms in total. The molecule has 1 rings (SSSR count). The number of nitro groups is 1. The van der Waals surface area contributed by atoms with Crippen LogP contribution < -0.4 is 0 Å². The lowest BCUT2D eigenvalue weighted by atomic mass is 10.1. The molecule has 0 atom stereocenters. The summed E-state index contributed by atoms with van der Waals surface area (Å²) < 4.78 is 25.2. The van der Waals surface area contributed by atoms with Gasteiger partial charge in [0.25, 0.3) is 12.1 Å². The number of nitrogens with zero attached hydrogens (tertiary/aromatic N) is 2. The van der Waals surface area contributed by atoms with Crippen molar-refractivity contribution in [2.24, 2.45) is 0 Å². The van der Waals surface area contributed by atoms with Crippen LogP contribution in [0.4, 0.5) is 14.5 Å². The van der Waals surface area contributed by atoms with E-state index in [0.717, 1.165) is 6.20 Å². The molecule has 0 unspecified atom stereocenters. The molecule has 0 bridgehead atoms. The van der Waals surface area contributed by atoms with E-state index in [1.807, 2.05) is 0 Å². The molecule has 1 aromatic heterocycles. The zero-order chi connectivity index (χ0) is 11.6. The third-order valence-corrected chi connectivity index (χ3v) is 2.23. The first-order valence-corrected chi connectivity index (χ1v) is 4.49. The Kier molecular flexibility index (Phi) is 3.52. The highest BCUT2D eigenvalue weighted by atomic mass is 35.5. The first-order chi connectivity index (χ1) is 6.99. The van der Waals surface area contributed by atoms with Gasteiger partial charge in [-0.15, -0.1) is 11.6 Å². The molecule has 0 aliphatic carbocycles. The monoisotopic (exact) mass is 236 g/mol. The van der Waals surface area contributed by atoms with Crippen molar-refractivity contribution in [1.82, 2.24) is 4.98 Å². The molecular weight excluding hydrogens is 230 g/mol. The van der Waals surface area contributed by atoms with Crippen molar-refractivity contribution in [3.63, 3.8) is 0 Å². The molecule has 0 aliphatic heterocycles. The molecule has 0 saturated heterocycles. The maximum Gasteiger partial charge on any atom is 0.296 e. The van der Waals surface area contributed by atoms with Crippen molar-refractivity contribution < 1.29 is 13.7 Å². The molecule has 0 N–H and O–H groups in total. The van der Waals surface area contributed by atoms with E-state index >= 15 is 0 Å². The Morgan fingerprint density at radius 3 is 2.67 bits per heavy atom. The van der Waals surface area contributed by atoms with Gasteiger partial charge < -0.3 is 0 Å². The summed E-state index contributed by atoms with van der Waals surface area (Å²) in [6, 6.07) is 0. The summed E-state index contributed by atoms with van der Waals surface area (Å²) in [5, 5.41) is 10.5. The van der Waals surface area contributed by atoms with Crippen LogP contribution in [-0.4, -0.2) is 9.91 Å². The highest BCUT2D eigenvalue weighted by molar-refractivity contribution is 6.17. The van der Waals surface area contributed by atoms with Crippen LogP contribution in [0.3, 0.4) is 0 Å². The van der Waals surface area contributed by atoms with Gasteiger partial charge in [0.1, 0.15) is 11.8 Å². The normalized spacial score (nSPS) is 10.7. The summed E-state index contributed by atoms with van der Waals surface area (Å²) in [7, 11) is 0. The largest absolute Gasteiger partial charge is 0.296 e. The summed E-state index contributed by atoms with van der Waals surface area (Å²) >= 11 is 5.46. The highest BCUT2D eigenvalue weighted by Crippen LogP contribution is 2.33. The van der Waals surface area contributed by atoms with Crippen LogP contribution in [0.15, 0.2) is 6.20 Å². The molecule has 0 aliphatic rings. The fourth-order valence-corrected chi connectivity index (χ4v) is 1.55. The summed E-state index contributed by atoms with van der Waals surface area (Å²) in [4.78, 5) is 13.3. The molecule has 7 heteroatoms. The number of halogens is 3. The minimum atomic E-state index is -2.93. The second-order valence-corrected chi connectivity index (χ2v) is 3.08. The number of alkyl halides is 3. The van der Waals surface area contributed by atoms with E-state index in [4.69, 9.17) is 11.6 Å². The fraction of sp³-hybridized carbons (Fsp3) is 0.375. The summed E-state index contributed by atoms with van der Waals surface area (Å²) in [5.74, 6) is -0.222. The molecule has 15 heavy (non-hydrogen) atoms.